The van der Waals surface area contributed by atoms with Gasteiger partial charge in [0.25, 0.3) is 5.91 Å². The molecule has 8 nitrogen and oxygen atoms in total. The van der Waals surface area contributed by atoms with Gasteiger partial charge in [0.05, 0.1) is 17.5 Å². The molecule has 2 atom stereocenters. The highest BCUT2D eigenvalue weighted by Crippen LogP contribution is 2.35. The van der Waals surface area contributed by atoms with Crippen LogP contribution in [0, 0.1) is 6.92 Å². The number of nitrogen functional groups attached to an aromatic ring is 1. The minimum absolute atomic E-state index is 0.0743. The first kappa shape index (κ1) is 22.0. The number of carbonyl (C=O) groups excluding carboxylic acids is 1. The van der Waals surface area contributed by atoms with Gasteiger partial charge < -0.3 is 16.2 Å². The largest absolute Gasteiger partial charge is 0.393 e. The molecule has 1 saturated carbocycles. The van der Waals surface area contributed by atoms with Crippen molar-refractivity contribution in [3.8, 4) is 11.3 Å². The predicted molar refractivity (Wildman–Crippen MR) is 131 cm³/mol. The maximum absolute atomic E-state index is 12.5. The summed E-state index contributed by atoms with van der Waals surface area (Å²) in [4.78, 5) is 21.2. The zero-order valence-corrected chi connectivity index (χ0v) is 19.1. The van der Waals surface area contributed by atoms with E-state index >= 15 is 0 Å². The third-order valence-corrected chi connectivity index (χ3v) is 6.55. The van der Waals surface area contributed by atoms with Crippen LogP contribution in [0.3, 0.4) is 0 Å². The molecule has 0 aliphatic heterocycles. The summed E-state index contributed by atoms with van der Waals surface area (Å²) in [6.45, 7) is 2.35. The Hall–Kier alpha value is -3.78. The molecule has 5 rings (SSSR count). The highest BCUT2D eigenvalue weighted by atomic mass is 16.3. The van der Waals surface area contributed by atoms with Crippen molar-refractivity contribution < 1.29 is 9.90 Å². The summed E-state index contributed by atoms with van der Waals surface area (Å²) >= 11 is 0. The first-order chi connectivity index (χ1) is 16.5. The van der Waals surface area contributed by atoms with Gasteiger partial charge in [-0.3, -0.25) is 4.79 Å². The molecule has 1 aliphatic rings. The molecule has 8 heteroatoms. The summed E-state index contributed by atoms with van der Waals surface area (Å²) in [6.07, 6.45) is 4.50. The van der Waals surface area contributed by atoms with Crippen molar-refractivity contribution in [2.75, 3.05) is 5.73 Å². The van der Waals surface area contributed by atoms with Crippen molar-refractivity contribution in [1.82, 2.24) is 25.1 Å². The zero-order valence-electron chi connectivity index (χ0n) is 19.1. The molecule has 0 spiro atoms. The smallest absolute Gasteiger partial charge is 0.251 e. The minimum atomic E-state index is -0.324. The molecule has 34 heavy (non-hydrogen) atoms. The van der Waals surface area contributed by atoms with Crippen LogP contribution in [0.5, 0.6) is 0 Å². The maximum atomic E-state index is 12.5. The van der Waals surface area contributed by atoms with Gasteiger partial charge in [-0.05, 0) is 49.8 Å². The highest BCUT2D eigenvalue weighted by molar-refractivity contribution is 5.98. The van der Waals surface area contributed by atoms with Crippen molar-refractivity contribution >= 4 is 22.8 Å². The molecular formula is C26H28N6O2. The van der Waals surface area contributed by atoms with Gasteiger partial charge in [-0.2, -0.15) is 5.10 Å². The quantitative estimate of drug-likeness (QED) is 0.420. The van der Waals surface area contributed by atoms with Gasteiger partial charge in [0.2, 0.25) is 0 Å². The van der Waals surface area contributed by atoms with Gasteiger partial charge in [-0.25, -0.2) is 14.6 Å². The SMILES string of the molecule is Cc1ccccc1C(=O)NCc1ccc(-c2nn(C3CCCC(O)C3)c3ncnc(N)c23)cc1. The first-order valence-electron chi connectivity index (χ1n) is 11.6. The van der Waals surface area contributed by atoms with Crippen LogP contribution in [0.25, 0.3) is 22.3 Å². The zero-order chi connectivity index (χ0) is 23.7. The third kappa shape index (κ3) is 4.24. The summed E-state index contributed by atoms with van der Waals surface area (Å²) in [6, 6.07) is 15.5. The van der Waals surface area contributed by atoms with Crippen LogP contribution in [0.15, 0.2) is 54.9 Å². The van der Waals surface area contributed by atoms with Gasteiger partial charge in [0.1, 0.15) is 17.8 Å². The predicted octanol–water partition coefficient (Wildman–Crippen LogP) is 3.79. The third-order valence-electron chi connectivity index (χ3n) is 6.55. The van der Waals surface area contributed by atoms with Gasteiger partial charge in [-0.1, -0.05) is 42.5 Å². The number of aliphatic hydroxyl groups is 1. The Morgan fingerprint density at radius 2 is 1.94 bits per heavy atom. The number of rotatable bonds is 5. The number of hydrogen-bond acceptors (Lipinski definition) is 6. The number of amides is 1. The van der Waals surface area contributed by atoms with Crippen molar-refractivity contribution in [2.45, 2.75) is 51.3 Å². The molecule has 2 aromatic carbocycles. The van der Waals surface area contributed by atoms with E-state index in [9.17, 15) is 9.90 Å². The molecule has 174 valence electrons. The monoisotopic (exact) mass is 456 g/mol. The molecule has 1 amide bonds. The fraction of sp³-hybridized carbons (Fsp3) is 0.308. The number of nitrogens with zero attached hydrogens (tertiary/aromatic N) is 4. The van der Waals surface area contributed by atoms with Gasteiger partial charge in [-0.15, -0.1) is 0 Å². The summed E-state index contributed by atoms with van der Waals surface area (Å²) in [5, 5.41) is 18.8. The average Bonchev–Trinajstić information content (AvgIpc) is 3.24. The molecular weight excluding hydrogens is 428 g/mol. The van der Waals surface area contributed by atoms with E-state index in [4.69, 9.17) is 10.8 Å². The molecule has 1 aliphatic carbocycles. The summed E-state index contributed by atoms with van der Waals surface area (Å²) in [7, 11) is 0. The Kier molecular flexibility index (Phi) is 5.98. The molecule has 2 aromatic heterocycles. The number of aliphatic hydroxyl groups excluding tert-OH is 1. The van der Waals surface area contributed by atoms with E-state index in [1.165, 1.54) is 6.33 Å². The number of benzene rings is 2. The van der Waals surface area contributed by atoms with E-state index in [0.717, 1.165) is 47.0 Å². The van der Waals surface area contributed by atoms with Crippen LogP contribution in [0.1, 0.15) is 53.2 Å². The second kappa shape index (κ2) is 9.23. The van der Waals surface area contributed by atoms with Gasteiger partial charge in [0, 0.05) is 17.7 Å². The van der Waals surface area contributed by atoms with Crippen molar-refractivity contribution in [3.05, 3.63) is 71.5 Å². The number of nitrogens with one attached hydrogen (secondary N) is 1. The van der Waals surface area contributed by atoms with Crippen LogP contribution in [0.2, 0.25) is 0 Å². The van der Waals surface area contributed by atoms with E-state index in [1.54, 1.807) is 0 Å². The molecule has 1 fully saturated rings. The van der Waals surface area contributed by atoms with Crippen LogP contribution < -0.4 is 11.1 Å². The minimum Gasteiger partial charge on any atom is -0.393 e. The maximum Gasteiger partial charge on any atom is 0.251 e. The lowest BCUT2D eigenvalue weighted by atomic mass is 9.93. The van der Waals surface area contributed by atoms with Crippen molar-refractivity contribution in [1.29, 1.82) is 0 Å². The second-order valence-electron chi connectivity index (χ2n) is 8.92. The normalized spacial score (nSPS) is 18.2. The van der Waals surface area contributed by atoms with Gasteiger partial charge in [0.15, 0.2) is 5.65 Å². The lowest BCUT2D eigenvalue weighted by molar-refractivity contribution is 0.0950. The van der Waals surface area contributed by atoms with E-state index < -0.39 is 0 Å². The summed E-state index contributed by atoms with van der Waals surface area (Å²) in [5.41, 5.74) is 11.2. The van der Waals surface area contributed by atoms with E-state index in [1.807, 2.05) is 60.1 Å². The van der Waals surface area contributed by atoms with Crippen LogP contribution in [-0.4, -0.2) is 36.9 Å². The lowest BCUT2D eigenvalue weighted by Crippen LogP contribution is -2.23. The molecule has 0 saturated heterocycles. The highest BCUT2D eigenvalue weighted by Gasteiger charge is 2.26. The Bertz CT molecular complexity index is 1330. The number of anilines is 1. The number of hydrogen-bond donors (Lipinski definition) is 3. The Morgan fingerprint density at radius 1 is 1.15 bits per heavy atom. The molecule has 4 N–H and O–H groups in total. The number of carbonyl (C=O) groups is 1. The Labute approximate surface area is 197 Å². The molecule has 4 aromatic rings. The number of aromatic nitrogens is 4. The number of aryl methyl sites for hydroxylation is 1. The molecule has 0 bridgehead atoms. The average molecular weight is 457 g/mol. The topological polar surface area (TPSA) is 119 Å². The Balaban J connectivity index is 1.40. The van der Waals surface area contributed by atoms with Crippen molar-refractivity contribution in [2.24, 2.45) is 0 Å². The first-order valence-corrected chi connectivity index (χ1v) is 11.6. The van der Waals surface area contributed by atoms with Crippen LogP contribution >= 0.6 is 0 Å². The van der Waals surface area contributed by atoms with Crippen molar-refractivity contribution in [3.63, 3.8) is 0 Å². The lowest BCUT2D eigenvalue weighted by Gasteiger charge is -2.26. The van der Waals surface area contributed by atoms with Gasteiger partial charge >= 0.3 is 0 Å². The second-order valence-corrected chi connectivity index (χ2v) is 8.92. The van der Waals surface area contributed by atoms with E-state index in [-0.39, 0.29) is 18.1 Å². The van der Waals surface area contributed by atoms with Crippen LogP contribution in [0.4, 0.5) is 5.82 Å². The van der Waals surface area contributed by atoms with E-state index in [0.29, 0.717) is 30.0 Å². The fourth-order valence-electron chi connectivity index (χ4n) is 4.70. The number of nitrogens with two attached hydrogens (primary N) is 1. The standard InChI is InChI=1S/C26H28N6O2/c1-16-5-2-3-8-21(16)26(34)28-14-17-9-11-18(12-10-17)23-22-24(27)29-15-30-25(22)32(31-23)19-6-4-7-20(33)13-19/h2-3,5,8-12,15,19-20,33H,4,6-7,13-14H2,1H3,(H,28,34)(H2,27,29,30). The number of fused-ring (bicyclic) bond motifs is 1. The fourth-order valence-corrected chi connectivity index (χ4v) is 4.70. The Morgan fingerprint density at radius 3 is 2.71 bits per heavy atom. The van der Waals surface area contributed by atoms with E-state index in [2.05, 4.69) is 15.3 Å². The summed E-state index contributed by atoms with van der Waals surface area (Å²) < 4.78 is 1.90. The van der Waals surface area contributed by atoms with Crippen LogP contribution in [-0.2, 0) is 6.54 Å². The summed E-state index contributed by atoms with van der Waals surface area (Å²) in [5.74, 6) is 0.295. The molecule has 0 radical (unpaired) electrons. The molecule has 2 heterocycles. The molecule has 2 unspecified atom stereocenters.